The Bertz CT molecular complexity index is 564. The van der Waals surface area contributed by atoms with Crippen LogP contribution in [0.5, 0.6) is 0 Å². The summed E-state index contributed by atoms with van der Waals surface area (Å²) < 4.78 is 26.4. The molecule has 2 N–H and O–H groups in total. The summed E-state index contributed by atoms with van der Waals surface area (Å²) in [5.74, 6) is 0. The highest BCUT2D eigenvalue weighted by molar-refractivity contribution is 7.89. The summed E-state index contributed by atoms with van der Waals surface area (Å²) in [6.07, 6.45) is 0. The molecule has 0 aliphatic carbocycles. The Morgan fingerprint density at radius 3 is 2.26 bits per heavy atom. The number of anilines is 1. The van der Waals surface area contributed by atoms with Crippen molar-refractivity contribution in [1.29, 1.82) is 0 Å². The Hall–Kier alpha value is -0.780. The van der Waals surface area contributed by atoms with Gasteiger partial charge < -0.3 is 5.73 Å². The van der Waals surface area contributed by atoms with Crippen LogP contribution in [-0.4, -0.2) is 25.8 Å². The van der Waals surface area contributed by atoms with Crippen molar-refractivity contribution in [3.05, 3.63) is 23.2 Å². The molecule has 1 unspecified atom stereocenters. The molecular weight excluding hydrogens is 284 g/mol. The third kappa shape index (κ3) is 3.41. The summed E-state index contributed by atoms with van der Waals surface area (Å²) in [6, 6.07) is 4.22. The number of nitrogens with zero attached hydrogens (tertiary/aromatic N) is 1. The summed E-state index contributed by atoms with van der Waals surface area (Å²) >= 11 is 5.81. The van der Waals surface area contributed by atoms with Gasteiger partial charge in [0.2, 0.25) is 10.0 Å². The number of nitrogen functional groups attached to an aromatic ring is 1. The lowest BCUT2D eigenvalue weighted by atomic mass is 9.88. The van der Waals surface area contributed by atoms with Crippen molar-refractivity contribution in [1.82, 2.24) is 4.31 Å². The highest BCUT2D eigenvalue weighted by Crippen LogP contribution is 2.29. The number of hydrogen-bond acceptors (Lipinski definition) is 3. The van der Waals surface area contributed by atoms with Crippen LogP contribution in [0, 0.1) is 5.41 Å². The Kier molecular flexibility index (Phi) is 4.55. The molecule has 19 heavy (non-hydrogen) atoms. The first-order valence-electron chi connectivity index (χ1n) is 6.01. The van der Waals surface area contributed by atoms with Crippen LogP contribution in [0.25, 0.3) is 0 Å². The highest BCUT2D eigenvalue weighted by Gasteiger charge is 2.32. The molecule has 0 aliphatic rings. The van der Waals surface area contributed by atoms with Crippen molar-refractivity contribution in [2.45, 2.75) is 38.6 Å². The van der Waals surface area contributed by atoms with E-state index in [1.54, 1.807) is 7.05 Å². The van der Waals surface area contributed by atoms with Crippen LogP contribution in [0.15, 0.2) is 23.1 Å². The molecule has 0 amide bonds. The molecule has 0 saturated carbocycles. The largest absolute Gasteiger partial charge is 0.397 e. The van der Waals surface area contributed by atoms with Gasteiger partial charge in [-0.3, -0.25) is 0 Å². The van der Waals surface area contributed by atoms with Crippen molar-refractivity contribution < 1.29 is 8.42 Å². The van der Waals surface area contributed by atoms with Crippen LogP contribution < -0.4 is 5.73 Å². The molecule has 1 aromatic rings. The summed E-state index contributed by atoms with van der Waals surface area (Å²) in [5.41, 5.74) is 5.77. The minimum Gasteiger partial charge on any atom is -0.397 e. The number of benzene rings is 1. The number of rotatable bonds is 3. The van der Waals surface area contributed by atoms with E-state index in [4.69, 9.17) is 17.3 Å². The summed E-state index contributed by atoms with van der Waals surface area (Å²) in [6.45, 7) is 7.89. The van der Waals surface area contributed by atoms with E-state index in [-0.39, 0.29) is 22.0 Å². The minimum atomic E-state index is -3.57. The van der Waals surface area contributed by atoms with E-state index in [0.717, 1.165) is 0 Å². The smallest absolute Gasteiger partial charge is 0.243 e. The zero-order valence-corrected chi connectivity index (χ0v) is 13.5. The van der Waals surface area contributed by atoms with Gasteiger partial charge in [-0.25, -0.2) is 8.42 Å². The third-order valence-electron chi connectivity index (χ3n) is 3.44. The second kappa shape index (κ2) is 5.31. The molecule has 0 saturated heterocycles. The van der Waals surface area contributed by atoms with Gasteiger partial charge >= 0.3 is 0 Å². The number of nitrogens with two attached hydrogens (primary N) is 1. The molecular formula is C13H21ClN2O2S. The summed E-state index contributed by atoms with van der Waals surface area (Å²) in [5, 5.41) is 0.352. The molecule has 1 atom stereocenters. The van der Waals surface area contributed by atoms with Crippen molar-refractivity contribution >= 4 is 27.3 Å². The number of hydrogen-bond donors (Lipinski definition) is 1. The summed E-state index contributed by atoms with van der Waals surface area (Å²) in [4.78, 5) is 0.160. The van der Waals surface area contributed by atoms with Gasteiger partial charge in [0, 0.05) is 13.1 Å². The van der Waals surface area contributed by atoms with E-state index in [2.05, 4.69) is 0 Å². The molecule has 1 aromatic carbocycles. The van der Waals surface area contributed by atoms with E-state index in [1.807, 2.05) is 27.7 Å². The van der Waals surface area contributed by atoms with Gasteiger partial charge in [-0.15, -0.1) is 0 Å². The Morgan fingerprint density at radius 1 is 1.32 bits per heavy atom. The monoisotopic (exact) mass is 304 g/mol. The molecule has 6 heteroatoms. The Labute approximate surface area is 120 Å². The average Bonchev–Trinajstić information content (AvgIpc) is 2.29. The lowest BCUT2D eigenvalue weighted by Crippen LogP contribution is -2.42. The molecule has 0 heterocycles. The van der Waals surface area contributed by atoms with Gasteiger partial charge in [-0.05, 0) is 30.5 Å². The fourth-order valence-corrected chi connectivity index (χ4v) is 3.30. The molecule has 0 aromatic heterocycles. The fourth-order valence-electron chi connectivity index (χ4n) is 1.60. The van der Waals surface area contributed by atoms with E-state index in [1.165, 1.54) is 22.5 Å². The molecule has 0 bridgehead atoms. The predicted octanol–water partition coefficient (Wildman–Crippen LogP) is 2.98. The predicted molar refractivity (Wildman–Crippen MR) is 79.7 cm³/mol. The van der Waals surface area contributed by atoms with Crippen LogP contribution in [0.1, 0.15) is 27.7 Å². The van der Waals surface area contributed by atoms with Gasteiger partial charge in [0.15, 0.2) is 0 Å². The second-order valence-corrected chi connectivity index (χ2v) is 8.15. The van der Waals surface area contributed by atoms with Crippen LogP contribution in [0.2, 0.25) is 5.02 Å². The standard InChI is InChI=1S/C13H21ClN2O2S/c1-9(13(2,3)4)16(5)19(17,18)10-6-7-11(14)12(15)8-10/h6-9H,15H2,1-5H3. The van der Waals surface area contributed by atoms with Crippen LogP contribution >= 0.6 is 11.6 Å². The van der Waals surface area contributed by atoms with Gasteiger partial charge in [-0.2, -0.15) is 4.31 Å². The molecule has 0 radical (unpaired) electrons. The quantitative estimate of drug-likeness (QED) is 0.873. The number of halogens is 1. The molecule has 108 valence electrons. The van der Waals surface area contributed by atoms with Crippen LogP contribution in [0.4, 0.5) is 5.69 Å². The maximum absolute atomic E-state index is 12.5. The first kappa shape index (κ1) is 16.3. The van der Waals surface area contributed by atoms with Gasteiger partial charge in [-0.1, -0.05) is 32.4 Å². The maximum atomic E-state index is 12.5. The van der Waals surface area contributed by atoms with Crippen molar-refractivity contribution in [3.63, 3.8) is 0 Å². The molecule has 0 aliphatic heterocycles. The lowest BCUT2D eigenvalue weighted by molar-refractivity contribution is 0.216. The van der Waals surface area contributed by atoms with Crippen molar-refractivity contribution in [3.8, 4) is 0 Å². The van der Waals surface area contributed by atoms with Gasteiger partial charge in [0.05, 0.1) is 15.6 Å². The first-order valence-corrected chi connectivity index (χ1v) is 7.83. The van der Waals surface area contributed by atoms with Crippen LogP contribution in [-0.2, 0) is 10.0 Å². The minimum absolute atomic E-state index is 0.144. The average molecular weight is 305 g/mol. The first-order chi connectivity index (χ1) is 8.48. The topological polar surface area (TPSA) is 63.4 Å². The zero-order chi connectivity index (χ0) is 15.0. The normalized spacial score (nSPS) is 14.7. The zero-order valence-electron chi connectivity index (χ0n) is 11.9. The second-order valence-electron chi connectivity index (χ2n) is 5.75. The van der Waals surface area contributed by atoms with E-state index in [0.29, 0.717) is 5.02 Å². The SMILES string of the molecule is CC(N(C)S(=O)(=O)c1ccc(Cl)c(N)c1)C(C)(C)C. The van der Waals surface area contributed by atoms with Gasteiger partial charge in [0.25, 0.3) is 0 Å². The third-order valence-corrected chi connectivity index (χ3v) is 5.71. The van der Waals surface area contributed by atoms with Crippen LogP contribution in [0.3, 0.4) is 0 Å². The highest BCUT2D eigenvalue weighted by atomic mass is 35.5. The fraction of sp³-hybridized carbons (Fsp3) is 0.538. The molecule has 0 spiro atoms. The maximum Gasteiger partial charge on any atom is 0.243 e. The van der Waals surface area contributed by atoms with E-state index < -0.39 is 10.0 Å². The van der Waals surface area contributed by atoms with E-state index >= 15 is 0 Å². The van der Waals surface area contributed by atoms with Crippen molar-refractivity contribution in [2.24, 2.45) is 5.41 Å². The van der Waals surface area contributed by atoms with E-state index in [9.17, 15) is 8.42 Å². The Morgan fingerprint density at radius 2 is 1.84 bits per heavy atom. The lowest BCUT2D eigenvalue weighted by Gasteiger charge is -2.34. The molecule has 0 fully saturated rings. The molecule has 1 rings (SSSR count). The van der Waals surface area contributed by atoms with Crippen molar-refractivity contribution in [2.75, 3.05) is 12.8 Å². The summed E-state index contributed by atoms with van der Waals surface area (Å²) in [7, 11) is -1.99. The number of sulfonamides is 1. The Balaban J connectivity index is 3.20. The molecule has 4 nitrogen and oxygen atoms in total. The van der Waals surface area contributed by atoms with Gasteiger partial charge in [0.1, 0.15) is 0 Å².